The molecule has 0 aliphatic carbocycles. The van der Waals surface area contributed by atoms with Crippen molar-refractivity contribution in [1.29, 1.82) is 0 Å². The SMILES string of the molecule is Nc1cc(Cl)c(NCc2ncc[nH]2)c(Cl)c1. The van der Waals surface area contributed by atoms with Gasteiger partial charge in [0.1, 0.15) is 5.82 Å². The molecule has 0 saturated carbocycles. The molecule has 6 heteroatoms. The Morgan fingerprint density at radius 1 is 1.31 bits per heavy atom. The fraction of sp³-hybridized carbons (Fsp3) is 0.100. The van der Waals surface area contributed by atoms with E-state index in [2.05, 4.69) is 15.3 Å². The van der Waals surface area contributed by atoms with Crippen molar-refractivity contribution >= 4 is 34.6 Å². The van der Waals surface area contributed by atoms with Crippen LogP contribution in [0.5, 0.6) is 0 Å². The van der Waals surface area contributed by atoms with Crippen molar-refractivity contribution in [2.45, 2.75) is 6.54 Å². The molecule has 4 N–H and O–H groups in total. The fourth-order valence-electron chi connectivity index (χ4n) is 1.33. The van der Waals surface area contributed by atoms with Crippen LogP contribution in [-0.4, -0.2) is 9.97 Å². The normalized spacial score (nSPS) is 10.4. The second-order valence-corrected chi connectivity index (χ2v) is 4.06. The maximum atomic E-state index is 6.02. The summed E-state index contributed by atoms with van der Waals surface area (Å²) in [5.74, 6) is 0.809. The number of imidazole rings is 1. The zero-order valence-electron chi connectivity index (χ0n) is 8.30. The minimum Gasteiger partial charge on any atom is -0.399 e. The second-order valence-electron chi connectivity index (χ2n) is 3.25. The molecule has 0 unspecified atom stereocenters. The van der Waals surface area contributed by atoms with Crippen molar-refractivity contribution in [3.05, 3.63) is 40.4 Å². The van der Waals surface area contributed by atoms with E-state index in [9.17, 15) is 0 Å². The van der Waals surface area contributed by atoms with Crippen molar-refractivity contribution in [1.82, 2.24) is 9.97 Å². The number of hydrogen-bond donors (Lipinski definition) is 3. The number of rotatable bonds is 3. The summed E-state index contributed by atoms with van der Waals surface area (Å²) in [6.07, 6.45) is 3.44. The number of aromatic nitrogens is 2. The highest BCUT2D eigenvalue weighted by Crippen LogP contribution is 2.32. The van der Waals surface area contributed by atoms with Gasteiger partial charge in [-0.05, 0) is 12.1 Å². The van der Waals surface area contributed by atoms with E-state index in [4.69, 9.17) is 28.9 Å². The van der Waals surface area contributed by atoms with Gasteiger partial charge in [-0.3, -0.25) is 0 Å². The number of hydrogen-bond acceptors (Lipinski definition) is 3. The maximum absolute atomic E-state index is 6.02. The van der Waals surface area contributed by atoms with Gasteiger partial charge in [-0.25, -0.2) is 4.98 Å². The molecule has 0 spiro atoms. The van der Waals surface area contributed by atoms with Crippen LogP contribution in [0.15, 0.2) is 24.5 Å². The summed E-state index contributed by atoms with van der Waals surface area (Å²) in [6, 6.07) is 3.30. The first-order chi connectivity index (χ1) is 7.66. The second kappa shape index (κ2) is 4.63. The zero-order chi connectivity index (χ0) is 11.5. The molecular formula is C10H10Cl2N4. The van der Waals surface area contributed by atoms with E-state index in [1.54, 1.807) is 24.5 Å². The van der Waals surface area contributed by atoms with Crippen LogP contribution in [0.1, 0.15) is 5.82 Å². The summed E-state index contributed by atoms with van der Waals surface area (Å²) in [7, 11) is 0. The third kappa shape index (κ3) is 2.40. The van der Waals surface area contributed by atoms with Gasteiger partial charge in [0.25, 0.3) is 0 Å². The lowest BCUT2D eigenvalue weighted by Crippen LogP contribution is -2.02. The van der Waals surface area contributed by atoms with Gasteiger partial charge in [-0.15, -0.1) is 0 Å². The predicted molar refractivity (Wildman–Crippen MR) is 66.8 cm³/mol. The lowest BCUT2D eigenvalue weighted by molar-refractivity contribution is 1.00. The summed E-state index contributed by atoms with van der Waals surface area (Å²) in [4.78, 5) is 7.05. The molecule has 2 rings (SSSR count). The van der Waals surface area contributed by atoms with Gasteiger partial charge in [0.05, 0.1) is 22.3 Å². The van der Waals surface area contributed by atoms with E-state index in [0.29, 0.717) is 28.0 Å². The summed E-state index contributed by atoms with van der Waals surface area (Å²) in [5, 5.41) is 4.09. The minimum atomic E-state index is 0.497. The van der Waals surface area contributed by atoms with E-state index in [1.807, 2.05) is 0 Å². The lowest BCUT2D eigenvalue weighted by Gasteiger charge is -2.09. The highest BCUT2D eigenvalue weighted by atomic mass is 35.5. The molecule has 84 valence electrons. The molecule has 1 heterocycles. The van der Waals surface area contributed by atoms with Gasteiger partial charge < -0.3 is 16.0 Å². The Labute approximate surface area is 103 Å². The molecule has 0 fully saturated rings. The number of nitrogens with one attached hydrogen (secondary N) is 2. The van der Waals surface area contributed by atoms with Crippen LogP contribution in [0.4, 0.5) is 11.4 Å². The number of nitrogen functional groups attached to an aromatic ring is 1. The average Bonchev–Trinajstić information content (AvgIpc) is 2.68. The monoisotopic (exact) mass is 256 g/mol. The molecule has 16 heavy (non-hydrogen) atoms. The third-order valence-corrected chi connectivity index (χ3v) is 2.65. The van der Waals surface area contributed by atoms with Crippen LogP contribution in [0.25, 0.3) is 0 Å². The minimum absolute atomic E-state index is 0.497. The molecular weight excluding hydrogens is 247 g/mol. The van der Waals surface area contributed by atoms with E-state index < -0.39 is 0 Å². The Hall–Kier alpha value is -1.39. The fourth-order valence-corrected chi connectivity index (χ4v) is 1.97. The summed E-state index contributed by atoms with van der Waals surface area (Å²) < 4.78 is 0. The largest absolute Gasteiger partial charge is 0.399 e. The van der Waals surface area contributed by atoms with Gasteiger partial charge >= 0.3 is 0 Å². The Bertz CT molecular complexity index is 459. The van der Waals surface area contributed by atoms with Crippen LogP contribution in [0.3, 0.4) is 0 Å². The van der Waals surface area contributed by atoms with Crippen molar-refractivity contribution < 1.29 is 0 Å². The van der Waals surface area contributed by atoms with Crippen LogP contribution < -0.4 is 11.1 Å². The number of H-pyrrole nitrogens is 1. The summed E-state index contributed by atoms with van der Waals surface area (Å²) in [6.45, 7) is 0.524. The third-order valence-electron chi connectivity index (χ3n) is 2.05. The first kappa shape index (κ1) is 11.1. The van der Waals surface area contributed by atoms with Gasteiger partial charge in [-0.1, -0.05) is 23.2 Å². The van der Waals surface area contributed by atoms with Crippen LogP contribution >= 0.6 is 23.2 Å². The Balaban J connectivity index is 2.15. The molecule has 0 saturated heterocycles. The number of benzene rings is 1. The summed E-state index contributed by atoms with van der Waals surface area (Å²) >= 11 is 12.0. The molecule has 2 aromatic rings. The van der Waals surface area contributed by atoms with E-state index in [1.165, 1.54) is 0 Å². The van der Waals surface area contributed by atoms with E-state index >= 15 is 0 Å². The number of aromatic amines is 1. The smallest absolute Gasteiger partial charge is 0.125 e. The molecule has 0 aliphatic rings. The Morgan fingerprint density at radius 3 is 2.56 bits per heavy atom. The van der Waals surface area contributed by atoms with Crippen LogP contribution in [0, 0.1) is 0 Å². The molecule has 4 nitrogen and oxygen atoms in total. The standard InChI is InChI=1S/C10H10Cl2N4/c11-7-3-6(13)4-8(12)10(7)16-5-9-14-1-2-15-9/h1-4,16H,5,13H2,(H,14,15). The number of anilines is 2. The first-order valence-corrected chi connectivity index (χ1v) is 5.39. The van der Waals surface area contributed by atoms with Gasteiger partial charge in [0.2, 0.25) is 0 Å². The van der Waals surface area contributed by atoms with Crippen molar-refractivity contribution in [3.63, 3.8) is 0 Å². The van der Waals surface area contributed by atoms with Gasteiger partial charge in [0.15, 0.2) is 0 Å². The maximum Gasteiger partial charge on any atom is 0.125 e. The average molecular weight is 257 g/mol. The first-order valence-electron chi connectivity index (χ1n) is 4.63. The van der Waals surface area contributed by atoms with Crippen molar-refractivity contribution in [2.75, 3.05) is 11.1 Å². The highest BCUT2D eigenvalue weighted by Gasteiger charge is 2.07. The number of halogens is 2. The molecule has 1 aromatic heterocycles. The van der Waals surface area contributed by atoms with Crippen LogP contribution in [0.2, 0.25) is 10.0 Å². The zero-order valence-corrected chi connectivity index (χ0v) is 9.81. The number of nitrogens with two attached hydrogens (primary N) is 1. The number of nitrogens with zero attached hydrogens (tertiary/aromatic N) is 1. The Kier molecular flexibility index (Phi) is 3.22. The van der Waals surface area contributed by atoms with Gasteiger partial charge in [0, 0.05) is 18.1 Å². The topological polar surface area (TPSA) is 66.7 Å². The van der Waals surface area contributed by atoms with Gasteiger partial charge in [-0.2, -0.15) is 0 Å². The lowest BCUT2D eigenvalue weighted by atomic mass is 10.3. The van der Waals surface area contributed by atoms with Crippen LogP contribution in [-0.2, 0) is 6.54 Å². The highest BCUT2D eigenvalue weighted by molar-refractivity contribution is 6.39. The molecule has 0 bridgehead atoms. The molecule has 1 aromatic carbocycles. The molecule has 0 amide bonds. The van der Waals surface area contributed by atoms with Crippen molar-refractivity contribution in [2.24, 2.45) is 0 Å². The van der Waals surface area contributed by atoms with E-state index in [-0.39, 0.29) is 0 Å². The molecule has 0 atom stereocenters. The summed E-state index contributed by atoms with van der Waals surface area (Å²) in [5.41, 5.74) is 6.81. The molecule has 0 aliphatic heterocycles. The quantitative estimate of drug-likeness (QED) is 0.740. The molecule has 0 radical (unpaired) electrons. The predicted octanol–water partition coefficient (Wildman–Crippen LogP) is 2.91. The van der Waals surface area contributed by atoms with E-state index in [0.717, 1.165) is 5.82 Å². The van der Waals surface area contributed by atoms with Crippen molar-refractivity contribution in [3.8, 4) is 0 Å². The Morgan fingerprint density at radius 2 is 2.00 bits per heavy atom.